The van der Waals surface area contributed by atoms with Gasteiger partial charge in [-0.05, 0) is 55.6 Å². The molecule has 4 rings (SSSR count). The number of fused-ring (bicyclic) bond motifs is 1. The van der Waals surface area contributed by atoms with Crippen LogP contribution < -0.4 is 5.32 Å². The smallest absolute Gasteiger partial charge is 0.0685 e. The Hall–Kier alpha value is -1.02. The quantitative estimate of drug-likeness (QED) is 0.821. The fourth-order valence-corrected chi connectivity index (χ4v) is 4.77. The number of hydrogen-bond acceptors (Lipinski definition) is 2. The first-order chi connectivity index (χ1) is 9.86. The van der Waals surface area contributed by atoms with E-state index < -0.39 is 0 Å². The second-order valence-corrected chi connectivity index (χ2v) is 6.90. The Morgan fingerprint density at radius 3 is 2.85 bits per heavy atom. The maximum Gasteiger partial charge on any atom is 0.0685 e. The standard InChI is InChI=1S/C18H25NO/c1-2-6-17-16(5-1)15(7-11-19-17)14-8-12-20-18(13-14)9-3-4-10-18/h1-2,5-6,14-15,19H,3-4,7-13H2. The van der Waals surface area contributed by atoms with Crippen LogP contribution in [0.1, 0.15) is 56.4 Å². The van der Waals surface area contributed by atoms with E-state index in [-0.39, 0.29) is 5.60 Å². The molecule has 1 saturated carbocycles. The molecule has 1 aromatic rings. The second-order valence-electron chi connectivity index (χ2n) is 6.90. The molecule has 2 unspecified atom stereocenters. The highest BCUT2D eigenvalue weighted by atomic mass is 16.5. The van der Waals surface area contributed by atoms with E-state index in [1.54, 1.807) is 5.56 Å². The minimum Gasteiger partial charge on any atom is -0.385 e. The van der Waals surface area contributed by atoms with E-state index in [0.29, 0.717) is 0 Å². The van der Waals surface area contributed by atoms with Crippen LogP contribution in [0.2, 0.25) is 0 Å². The van der Waals surface area contributed by atoms with Crippen LogP contribution >= 0.6 is 0 Å². The van der Waals surface area contributed by atoms with Gasteiger partial charge in [0.2, 0.25) is 0 Å². The van der Waals surface area contributed by atoms with E-state index in [1.165, 1.54) is 50.6 Å². The number of benzene rings is 1. The molecule has 0 aromatic heterocycles. The largest absolute Gasteiger partial charge is 0.385 e. The van der Waals surface area contributed by atoms with E-state index in [9.17, 15) is 0 Å². The summed E-state index contributed by atoms with van der Waals surface area (Å²) in [6, 6.07) is 8.93. The van der Waals surface area contributed by atoms with Crippen molar-refractivity contribution in [2.24, 2.45) is 5.92 Å². The van der Waals surface area contributed by atoms with Gasteiger partial charge in [-0.3, -0.25) is 0 Å². The zero-order valence-corrected chi connectivity index (χ0v) is 12.2. The molecule has 0 amide bonds. The van der Waals surface area contributed by atoms with Gasteiger partial charge in [-0.1, -0.05) is 31.0 Å². The lowest BCUT2D eigenvalue weighted by Crippen LogP contribution is -2.40. The summed E-state index contributed by atoms with van der Waals surface area (Å²) in [6.45, 7) is 2.11. The zero-order valence-electron chi connectivity index (χ0n) is 12.2. The van der Waals surface area contributed by atoms with Gasteiger partial charge in [0.05, 0.1) is 5.60 Å². The van der Waals surface area contributed by atoms with E-state index in [0.717, 1.165) is 25.0 Å². The van der Waals surface area contributed by atoms with Crippen molar-refractivity contribution < 1.29 is 4.74 Å². The molecule has 108 valence electrons. The fraction of sp³-hybridized carbons (Fsp3) is 0.667. The summed E-state index contributed by atoms with van der Waals surface area (Å²) in [5.74, 6) is 1.57. The van der Waals surface area contributed by atoms with E-state index in [1.807, 2.05) is 0 Å². The highest BCUT2D eigenvalue weighted by Gasteiger charge is 2.42. The lowest BCUT2D eigenvalue weighted by Gasteiger charge is -2.43. The summed E-state index contributed by atoms with van der Waals surface area (Å²) in [6.07, 6.45) is 9.18. The van der Waals surface area contributed by atoms with Crippen LogP contribution in [-0.4, -0.2) is 18.8 Å². The molecule has 1 aromatic carbocycles. The molecule has 2 fully saturated rings. The number of rotatable bonds is 1. The first-order valence-corrected chi connectivity index (χ1v) is 8.33. The summed E-state index contributed by atoms with van der Waals surface area (Å²) in [5, 5.41) is 3.56. The van der Waals surface area contributed by atoms with Gasteiger partial charge in [-0.25, -0.2) is 0 Å². The molecule has 2 heterocycles. The molecule has 2 nitrogen and oxygen atoms in total. The van der Waals surface area contributed by atoms with Crippen LogP contribution in [0.4, 0.5) is 5.69 Å². The molecule has 1 saturated heterocycles. The monoisotopic (exact) mass is 271 g/mol. The van der Waals surface area contributed by atoms with Crippen LogP contribution in [0.25, 0.3) is 0 Å². The Kier molecular flexibility index (Phi) is 3.22. The molecule has 0 bridgehead atoms. The third kappa shape index (κ3) is 2.14. The van der Waals surface area contributed by atoms with Crippen molar-refractivity contribution >= 4 is 5.69 Å². The minimum absolute atomic E-state index is 0.253. The van der Waals surface area contributed by atoms with Gasteiger partial charge in [0.15, 0.2) is 0 Å². The van der Waals surface area contributed by atoms with Gasteiger partial charge in [0.25, 0.3) is 0 Å². The predicted octanol–water partition coefficient (Wildman–Crippen LogP) is 4.33. The molecule has 3 aliphatic rings. The third-order valence-corrected chi connectivity index (χ3v) is 5.75. The molecule has 20 heavy (non-hydrogen) atoms. The Morgan fingerprint density at radius 1 is 1.10 bits per heavy atom. The molecule has 2 atom stereocenters. The van der Waals surface area contributed by atoms with Crippen molar-refractivity contribution in [2.45, 2.75) is 56.5 Å². The summed E-state index contributed by atoms with van der Waals surface area (Å²) in [7, 11) is 0. The average Bonchev–Trinajstić information content (AvgIpc) is 2.94. The molecule has 0 radical (unpaired) electrons. The van der Waals surface area contributed by atoms with Gasteiger partial charge in [-0.15, -0.1) is 0 Å². The number of hydrogen-bond donors (Lipinski definition) is 1. The van der Waals surface area contributed by atoms with Crippen LogP contribution in [-0.2, 0) is 4.74 Å². The highest BCUT2D eigenvalue weighted by Crippen LogP contribution is 2.48. The Labute approximate surface area is 121 Å². The van der Waals surface area contributed by atoms with Gasteiger partial charge in [0.1, 0.15) is 0 Å². The Bertz CT molecular complexity index is 478. The normalized spacial score (nSPS) is 31.8. The van der Waals surface area contributed by atoms with E-state index >= 15 is 0 Å². The van der Waals surface area contributed by atoms with E-state index in [2.05, 4.69) is 29.6 Å². The molecule has 2 aliphatic heterocycles. The minimum atomic E-state index is 0.253. The first kappa shape index (κ1) is 12.7. The lowest BCUT2D eigenvalue weighted by atomic mass is 9.72. The topological polar surface area (TPSA) is 21.3 Å². The summed E-state index contributed by atoms with van der Waals surface area (Å²) in [4.78, 5) is 0. The van der Waals surface area contributed by atoms with Crippen LogP contribution in [0.3, 0.4) is 0 Å². The van der Waals surface area contributed by atoms with Crippen molar-refractivity contribution in [3.63, 3.8) is 0 Å². The Morgan fingerprint density at radius 2 is 1.95 bits per heavy atom. The number of para-hydroxylation sites is 1. The molecule has 1 spiro atoms. The average molecular weight is 271 g/mol. The van der Waals surface area contributed by atoms with Gasteiger partial charge in [0, 0.05) is 18.8 Å². The first-order valence-electron chi connectivity index (χ1n) is 8.33. The SMILES string of the molecule is c1ccc2c(c1)NCCC2C1CCOC2(CCCC2)C1. The molecule has 2 heteroatoms. The third-order valence-electron chi connectivity index (χ3n) is 5.75. The van der Waals surface area contributed by atoms with Crippen molar-refractivity contribution in [1.82, 2.24) is 0 Å². The van der Waals surface area contributed by atoms with Crippen LogP contribution in [0.15, 0.2) is 24.3 Å². The van der Waals surface area contributed by atoms with Crippen molar-refractivity contribution in [2.75, 3.05) is 18.5 Å². The van der Waals surface area contributed by atoms with Crippen molar-refractivity contribution in [3.8, 4) is 0 Å². The van der Waals surface area contributed by atoms with Crippen LogP contribution in [0, 0.1) is 5.92 Å². The molecular weight excluding hydrogens is 246 g/mol. The number of anilines is 1. The second kappa shape index (κ2) is 5.07. The summed E-state index contributed by atoms with van der Waals surface area (Å²) >= 11 is 0. The number of ether oxygens (including phenoxy) is 1. The van der Waals surface area contributed by atoms with Gasteiger partial charge in [-0.2, -0.15) is 0 Å². The molecular formula is C18H25NO. The summed E-state index contributed by atoms with van der Waals surface area (Å²) < 4.78 is 6.22. The maximum atomic E-state index is 6.22. The lowest BCUT2D eigenvalue weighted by molar-refractivity contribution is -0.0969. The van der Waals surface area contributed by atoms with Crippen molar-refractivity contribution in [3.05, 3.63) is 29.8 Å². The maximum absolute atomic E-state index is 6.22. The van der Waals surface area contributed by atoms with Crippen molar-refractivity contribution in [1.29, 1.82) is 0 Å². The zero-order chi connectivity index (χ0) is 13.4. The Balaban J connectivity index is 1.58. The summed E-state index contributed by atoms with van der Waals surface area (Å²) in [5.41, 5.74) is 3.18. The fourth-order valence-electron chi connectivity index (χ4n) is 4.77. The predicted molar refractivity (Wildman–Crippen MR) is 82.2 cm³/mol. The number of nitrogens with one attached hydrogen (secondary N) is 1. The molecule has 1 N–H and O–H groups in total. The van der Waals surface area contributed by atoms with Crippen LogP contribution in [0.5, 0.6) is 0 Å². The van der Waals surface area contributed by atoms with Gasteiger partial charge >= 0.3 is 0 Å². The van der Waals surface area contributed by atoms with Gasteiger partial charge < -0.3 is 10.1 Å². The van der Waals surface area contributed by atoms with E-state index in [4.69, 9.17) is 4.74 Å². The molecule has 1 aliphatic carbocycles. The highest BCUT2D eigenvalue weighted by molar-refractivity contribution is 5.54.